The molecule has 1 nitrogen and oxygen atoms in total. The average molecular weight is 416 g/mol. The minimum absolute atomic E-state index is 1.99. The van der Waals surface area contributed by atoms with Crippen molar-refractivity contribution in [1.29, 1.82) is 0 Å². The van der Waals surface area contributed by atoms with E-state index in [0.29, 0.717) is 0 Å². The Morgan fingerprint density at radius 3 is 1.00 bits per heavy atom. The fourth-order valence-electron chi connectivity index (χ4n) is 1.98. The molecule has 0 N–H and O–H groups in total. The second-order valence-corrected chi connectivity index (χ2v) is 4.60. The average Bonchev–Trinajstić information content (AvgIpc) is 2.93. The molecule has 1 saturated heterocycles. The summed E-state index contributed by atoms with van der Waals surface area (Å²) in [5.74, 6) is -14.8. The molecule has 17 heteroatoms. The first-order chi connectivity index (χ1) is 10.5. The van der Waals surface area contributed by atoms with E-state index in [9.17, 15) is 70.2 Å². The van der Waals surface area contributed by atoms with Gasteiger partial charge in [-0.2, -0.15) is 65.9 Å². The van der Waals surface area contributed by atoms with E-state index in [1.54, 1.807) is 0 Å². The summed E-state index contributed by atoms with van der Waals surface area (Å²) in [4.78, 5) is 0. The minimum Gasteiger partial charge on any atom is -0.312 e. The molecule has 1 heterocycles. The van der Waals surface area contributed by atoms with Gasteiger partial charge in [-0.1, -0.05) is 0 Å². The molecule has 2 unspecified atom stereocenters. The molecule has 25 heavy (non-hydrogen) atoms. The highest BCUT2D eigenvalue weighted by Gasteiger charge is 3.09. The fourth-order valence-corrected chi connectivity index (χ4v) is 1.98. The standard InChI is InChI=1S/C8F16O/c9-1(5(13,14)15,6(16,17)18)2(3(10,11)7(19,20)21)4(12,25-2)8(22,23)24. The van der Waals surface area contributed by atoms with E-state index in [4.69, 9.17) is 0 Å². The lowest BCUT2D eigenvalue weighted by atomic mass is 9.77. The van der Waals surface area contributed by atoms with Crippen LogP contribution in [0.5, 0.6) is 0 Å². The van der Waals surface area contributed by atoms with Crippen LogP contribution in [0.3, 0.4) is 0 Å². The van der Waals surface area contributed by atoms with Crippen LogP contribution in [0.1, 0.15) is 0 Å². The first kappa shape index (κ1) is 21.9. The molecule has 2 atom stereocenters. The van der Waals surface area contributed by atoms with Gasteiger partial charge in [0, 0.05) is 0 Å². The van der Waals surface area contributed by atoms with Gasteiger partial charge in [-0.15, -0.1) is 0 Å². The molecule has 150 valence electrons. The van der Waals surface area contributed by atoms with Gasteiger partial charge in [0.1, 0.15) is 0 Å². The van der Waals surface area contributed by atoms with E-state index in [1.807, 2.05) is 4.74 Å². The molecule has 1 aliphatic rings. The van der Waals surface area contributed by atoms with Crippen molar-refractivity contribution in [1.82, 2.24) is 0 Å². The molecule has 1 fully saturated rings. The number of halogens is 16. The first-order valence-electron chi connectivity index (χ1n) is 5.18. The lowest BCUT2D eigenvalue weighted by Crippen LogP contribution is -2.74. The highest BCUT2D eigenvalue weighted by molar-refractivity contribution is 5.34. The Labute approximate surface area is 124 Å². The monoisotopic (exact) mass is 416 g/mol. The van der Waals surface area contributed by atoms with Crippen molar-refractivity contribution < 1.29 is 75.0 Å². The van der Waals surface area contributed by atoms with Crippen LogP contribution in [0.4, 0.5) is 70.2 Å². The quantitative estimate of drug-likeness (QED) is 0.456. The normalized spacial score (nSPS) is 29.8. The molecule has 0 saturated carbocycles. The molecule has 0 aromatic carbocycles. The van der Waals surface area contributed by atoms with Gasteiger partial charge in [0.25, 0.3) is 5.60 Å². The molecule has 0 aromatic rings. The fraction of sp³-hybridized carbons (Fsp3) is 1.00. The third-order valence-corrected chi connectivity index (χ3v) is 3.13. The molecule has 0 aromatic heterocycles. The highest BCUT2D eigenvalue weighted by Crippen LogP contribution is 2.76. The van der Waals surface area contributed by atoms with E-state index in [2.05, 4.69) is 0 Å². The van der Waals surface area contributed by atoms with Gasteiger partial charge < -0.3 is 4.74 Å². The van der Waals surface area contributed by atoms with Crippen LogP contribution >= 0.6 is 0 Å². The Kier molecular flexibility index (Phi) is 4.17. The zero-order chi connectivity index (χ0) is 20.7. The number of hydrogen-bond acceptors (Lipinski definition) is 1. The summed E-state index contributed by atoms with van der Waals surface area (Å²) in [7, 11) is 0. The van der Waals surface area contributed by atoms with E-state index in [-0.39, 0.29) is 0 Å². The third-order valence-electron chi connectivity index (χ3n) is 3.13. The Morgan fingerprint density at radius 2 is 0.840 bits per heavy atom. The summed E-state index contributed by atoms with van der Waals surface area (Å²) in [6.07, 6.45) is -30.8. The lowest BCUT2D eigenvalue weighted by Gasteiger charge is -2.39. The van der Waals surface area contributed by atoms with Gasteiger partial charge >= 0.3 is 42.2 Å². The Bertz CT molecular complexity index is 520. The third kappa shape index (κ3) is 2.29. The van der Waals surface area contributed by atoms with Crippen LogP contribution in [-0.2, 0) is 4.74 Å². The largest absolute Gasteiger partial charge is 0.456 e. The smallest absolute Gasteiger partial charge is 0.312 e. The van der Waals surface area contributed by atoms with Gasteiger partial charge in [0.15, 0.2) is 0 Å². The van der Waals surface area contributed by atoms with Crippen molar-refractivity contribution in [3.8, 4) is 0 Å². The summed E-state index contributed by atoms with van der Waals surface area (Å²) < 4.78 is 203. The molecule has 0 radical (unpaired) electrons. The molecular formula is C8F16O. The highest BCUT2D eigenvalue weighted by atomic mass is 19.4. The van der Waals surface area contributed by atoms with Crippen LogP contribution in [0.15, 0.2) is 0 Å². The topological polar surface area (TPSA) is 12.5 Å². The summed E-state index contributed by atoms with van der Waals surface area (Å²) >= 11 is 0. The number of alkyl halides is 16. The van der Waals surface area contributed by atoms with E-state index >= 15 is 0 Å². The van der Waals surface area contributed by atoms with Crippen LogP contribution in [0.25, 0.3) is 0 Å². The molecule has 0 aliphatic carbocycles. The van der Waals surface area contributed by atoms with Crippen LogP contribution < -0.4 is 0 Å². The summed E-state index contributed by atoms with van der Waals surface area (Å²) in [6.45, 7) is 0. The summed E-state index contributed by atoms with van der Waals surface area (Å²) in [5, 5.41) is 0. The molecule has 0 bridgehead atoms. The maximum absolute atomic E-state index is 13.6. The van der Waals surface area contributed by atoms with Gasteiger partial charge in [0.05, 0.1) is 0 Å². The summed E-state index contributed by atoms with van der Waals surface area (Å²) in [5.41, 5.74) is -15.4. The van der Waals surface area contributed by atoms with Gasteiger partial charge in [0.2, 0.25) is 0 Å². The van der Waals surface area contributed by atoms with E-state index < -0.39 is 47.8 Å². The molecule has 0 spiro atoms. The number of rotatable bonds is 2. The maximum Gasteiger partial charge on any atom is 0.456 e. The molecule has 1 rings (SSSR count). The van der Waals surface area contributed by atoms with Crippen molar-refractivity contribution in [2.75, 3.05) is 0 Å². The summed E-state index contributed by atoms with van der Waals surface area (Å²) in [6, 6.07) is 0. The predicted molar refractivity (Wildman–Crippen MR) is 40.7 cm³/mol. The maximum atomic E-state index is 13.6. The van der Waals surface area contributed by atoms with Crippen molar-refractivity contribution in [2.24, 2.45) is 0 Å². The van der Waals surface area contributed by atoms with Gasteiger partial charge in [-0.25, -0.2) is 4.39 Å². The number of ether oxygens (including phenoxy) is 1. The Morgan fingerprint density at radius 1 is 0.520 bits per heavy atom. The van der Waals surface area contributed by atoms with E-state index in [0.717, 1.165) is 0 Å². The van der Waals surface area contributed by atoms with Crippen LogP contribution in [0, 0.1) is 0 Å². The van der Waals surface area contributed by atoms with E-state index in [1.165, 1.54) is 0 Å². The molecule has 0 amide bonds. The SMILES string of the molecule is FC(F)(F)C(F)(F)C1(C(F)(C(F)(F)F)C(F)(F)F)OC1(F)C(F)(F)F. The van der Waals surface area contributed by atoms with Crippen molar-refractivity contribution in [3.05, 3.63) is 0 Å². The zero-order valence-electron chi connectivity index (χ0n) is 10.5. The second kappa shape index (κ2) is 4.76. The zero-order valence-corrected chi connectivity index (χ0v) is 10.5. The van der Waals surface area contributed by atoms with Crippen LogP contribution in [0.2, 0.25) is 0 Å². The number of hydrogen-bond donors (Lipinski definition) is 0. The van der Waals surface area contributed by atoms with Crippen molar-refractivity contribution in [2.45, 2.75) is 47.8 Å². The second-order valence-electron chi connectivity index (χ2n) is 4.60. The Hall–Kier alpha value is -1.16. The van der Waals surface area contributed by atoms with Crippen molar-refractivity contribution >= 4 is 0 Å². The van der Waals surface area contributed by atoms with Crippen LogP contribution in [-0.4, -0.2) is 47.8 Å². The minimum atomic E-state index is -8.07. The Balaban J connectivity index is 3.97. The molecular weight excluding hydrogens is 416 g/mol. The number of epoxide rings is 1. The predicted octanol–water partition coefficient (Wildman–Crippen LogP) is 5.01. The lowest BCUT2D eigenvalue weighted by molar-refractivity contribution is -0.407. The van der Waals surface area contributed by atoms with Gasteiger partial charge in [-0.3, -0.25) is 0 Å². The van der Waals surface area contributed by atoms with Crippen molar-refractivity contribution in [3.63, 3.8) is 0 Å². The van der Waals surface area contributed by atoms with Gasteiger partial charge in [-0.05, 0) is 0 Å². The molecule has 1 aliphatic heterocycles. The first-order valence-corrected chi connectivity index (χ1v) is 5.18.